The maximum atomic E-state index is 11.1. The van der Waals surface area contributed by atoms with Crippen molar-refractivity contribution < 1.29 is 4.79 Å². The third-order valence-corrected chi connectivity index (χ3v) is 3.94. The van der Waals surface area contributed by atoms with Crippen LogP contribution in [-0.2, 0) is 4.79 Å². The predicted octanol–water partition coefficient (Wildman–Crippen LogP) is 3.78. The topological polar surface area (TPSA) is 17.1 Å². The molecule has 0 aliphatic carbocycles. The van der Waals surface area contributed by atoms with Crippen LogP contribution in [0.5, 0.6) is 0 Å². The molecule has 1 aromatic carbocycles. The van der Waals surface area contributed by atoms with Crippen LogP contribution in [0, 0.1) is 6.92 Å². The molecular formula is C10H10Br2O. The lowest BCUT2D eigenvalue weighted by atomic mass is 10.0. The number of hydrogen-bond acceptors (Lipinski definition) is 1. The summed E-state index contributed by atoms with van der Waals surface area (Å²) in [5.41, 5.74) is 2.14. The van der Waals surface area contributed by atoms with Crippen molar-refractivity contribution in [1.29, 1.82) is 0 Å². The number of carbonyl (C=O) groups is 1. The van der Waals surface area contributed by atoms with Crippen molar-refractivity contribution in [3.8, 4) is 0 Å². The van der Waals surface area contributed by atoms with Gasteiger partial charge in [0.05, 0.1) is 4.83 Å². The lowest BCUT2D eigenvalue weighted by molar-refractivity contribution is -0.116. The standard InChI is InChI=1S/C10H10Br2O/c1-6-8(10(12)7(2)13)4-3-5-9(6)11/h3-5,10H,1-2H3. The van der Waals surface area contributed by atoms with E-state index >= 15 is 0 Å². The highest BCUT2D eigenvalue weighted by Gasteiger charge is 2.15. The van der Waals surface area contributed by atoms with Gasteiger partial charge in [0.1, 0.15) is 5.78 Å². The molecule has 0 aromatic heterocycles. The van der Waals surface area contributed by atoms with Gasteiger partial charge >= 0.3 is 0 Å². The number of ketones is 1. The molecule has 0 heterocycles. The molecule has 0 radical (unpaired) electrons. The Labute approximate surface area is 94.8 Å². The molecule has 0 fully saturated rings. The Morgan fingerprint density at radius 2 is 2.08 bits per heavy atom. The second kappa shape index (κ2) is 4.38. The molecule has 0 bridgehead atoms. The molecule has 0 amide bonds. The van der Waals surface area contributed by atoms with E-state index in [1.165, 1.54) is 0 Å². The first-order valence-corrected chi connectivity index (χ1v) is 5.64. The molecule has 0 saturated carbocycles. The van der Waals surface area contributed by atoms with Gasteiger partial charge in [-0.2, -0.15) is 0 Å². The van der Waals surface area contributed by atoms with Crippen molar-refractivity contribution in [2.45, 2.75) is 18.7 Å². The van der Waals surface area contributed by atoms with Gasteiger partial charge in [-0.1, -0.05) is 44.0 Å². The summed E-state index contributed by atoms with van der Waals surface area (Å²) in [6.45, 7) is 3.58. The van der Waals surface area contributed by atoms with E-state index in [0.29, 0.717) is 0 Å². The van der Waals surface area contributed by atoms with Crippen molar-refractivity contribution in [1.82, 2.24) is 0 Å². The Morgan fingerprint density at radius 1 is 1.46 bits per heavy atom. The fourth-order valence-electron chi connectivity index (χ4n) is 1.12. The second-order valence-electron chi connectivity index (χ2n) is 2.93. The molecular weight excluding hydrogens is 296 g/mol. The van der Waals surface area contributed by atoms with Crippen molar-refractivity contribution >= 4 is 37.6 Å². The smallest absolute Gasteiger partial charge is 0.147 e. The molecule has 1 nitrogen and oxygen atoms in total. The summed E-state index contributed by atoms with van der Waals surface area (Å²) in [6.07, 6.45) is 0. The molecule has 13 heavy (non-hydrogen) atoms. The van der Waals surface area contributed by atoms with E-state index in [9.17, 15) is 4.79 Å². The van der Waals surface area contributed by atoms with Crippen LogP contribution in [0.2, 0.25) is 0 Å². The van der Waals surface area contributed by atoms with Crippen LogP contribution in [0.4, 0.5) is 0 Å². The van der Waals surface area contributed by atoms with Crippen molar-refractivity contribution in [3.63, 3.8) is 0 Å². The Morgan fingerprint density at radius 3 is 2.62 bits per heavy atom. The molecule has 0 aliphatic rings. The minimum atomic E-state index is -0.190. The maximum absolute atomic E-state index is 11.1. The summed E-state index contributed by atoms with van der Waals surface area (Å²) in [7, 11) is 0. The van der Waals surface area contributed by atoms with E-state index in [2.05, 4.69) is 31.9 Å². The van der Waals surface area contributed by atoms with Gasteiger partial charge in [-0.25, -0.2) is 0 Å². The summed E-state index contributed by atoms with van der Waals surface area (Å²) >= 11 is 6.80. The number of benzene rings is 1. The van der Waals surface area contributed by atoms with E-state index in [1.807, 2.05) is 25.1 Å². The van der Waals surface area contributed by atoms with E-state index < -0.39 is 0 Å². The van der Waals surface area contributed by atoms with Gasteiger partial charge in [0.25, 0.3) is 0 Å². The molecule has 1 atom stereocenters. The number of rotatable bonds is 2. The second-order valence-corrected chi connectivity index (χ2v) is 4.70. The largest absolute Gasteiger partial charge is 0.298 e. The number of Topliss-reactive ketones (excluding diaryl/α,β-unsaturated/α-hetero) is 1. The molecule has 0 saturated heterocycles. The third kappa shape index (κ3) is 2.41. The van der Waals surface area contributed by atoms with Crippen LogP contribution < -0.4 is 0 Å². The van der Waals surface area contributed by atoms with Gasteiger partial charge in [-0.3, -0.25) is 4.79 Å². The third-order valence-electron chi connectivity index (χ3n) is 1.94. The maximum Gasteiger partial charge on any atom is 0.147 e. The normalized spacial score (nSPS) is 12.6. The van der Waals surface area contributed by atoms with Gasteiger partial charge in [0, 0.05) is 4.47 Å². The lowest BCUT2D eigenvalue weighted by Crippen LogP contribution is -2.03. The van der Waals surface area contributed by atoms with E-state index in [0.717, 1.165) is 15.6 Å². The molecule has 3 heteroatoms. The molecule has 1 aromatic rings. The van der Waals surface area contributed by atoms with Crippen LogP contribution in [0.3, 0.4) is 0 Å². The Kier molecular flexibility index (Phi) is 3.68. The zero-order chi connectivity index (χ0) is 10.0. The number of alkyl halides is 1. The van der Waals surface area contributed by atoms with Gasteiger partial charge in [-0.15, -0.1) is 0 Å². The molecule has 0 aliphatic heterocycles. The molecule has 0 N–H and O–H groups in total. The Bertz CT molecular complexity index is 334. The van der Waals surface area contributed by atoms with Crippen LogP contribution in [0.15, 0.2) is 22.7 Å². The van der Waals surface area contributed by atoms with Crippen molar-refractivity contribution in [2.24, 2.45) is 0 Å². The highest BCUT2D eigenvalue weighted by atomic mass is 79.9. The fourth-order valence-corrected chi connectivity index (χ4v) is 2.00. The van der Waals surface area contributed by atoms with Crippen LogP contribution in [0.1, 0.15) is 22.9 Å². The van der Waals surface area contributed by atoms with E-state index in [1.54, 1.807) is 6.92 Å². The molecule has 70 valence electrons. The molecule has 1 unspecified atom stereocenters. The number of carbonyl (C=O) groups excluding carboxylic acids is 1. The summed E-state index contributed by atoms with van der Waals surface area (Å²) in [5, 5.41) is 0. The summed E-state index contributed by atoms with van der Waals surface area (Å²) in [4.78, 5) is 11.0. The Balaban J connectivity index is 3.15. The first-order chi connectivity index (χ1) is 6.04. The number of halogens is 2. The average molecular weight is 306 g/mol. The van der Waals surface area contributed by atoms with Crippen LogP contribution in [-0.4, -0.2) is 5.78 Å². The van der Waals surface area contributed by atoms with Gasteiger partial charge in [0.2, 0.25) is 0 Å². The van der Waals surface area contributed by atoms with E-state index in [-0.39, 0.29) is 10.6 Å². The minimum Gasteiger partial charge on any atom is -0.298 e. The minimum absolute atomic E-state index is 0.126. The quantitative estimate of drug-likeness (QED) is 0.760. The highest BCUT2D eigenvalue weighted by molar-refractivity contribution is 9.10. The predicted molar refractivity (Wildman–Crippen MR) is 61.2 cm³/mol. The fraction of sp³-hybridized carbons (Fsp3) is 0.300. The first-order valence-electron chi connectivity index (χ1n) is 3.93. The monoisotopic (exact) mass is 304 g/mol. The van der Waals surface area contributed by atoms with Crippen molar-refractivity contribution in [3.05, 3.63) is 33.8 Å². The SMILES string of the molecule is CC(=O)C(Br)c1cccc(Br)c1C. The Hall–Kier alpha value is -0.150. The molecule has 0 spiro atoms. The van der Waals surface area contributed by atoms with Crippen molar-refractivity contribution in [2.75, 3.05) is 0 Å². The summed E-state index contributed by atoms with van der Waals surface area (Å²) < 4.78 is 1.04. The van der Waals surface area contributed by atoms with Gasteiger partial charge in [-0.05, 0) is 31.0 Å². The highest BCUT2D eigenvalue weighted by Crippen LogP contribution is 2.30. The first kappa shape index (κ1) is 10.9. The summed E-state index contributed by atoms with van der Waals surface area (Å²) in [6, 6.07) is 5.86. The van der Waals surface area contributed by atoms with Crippen LogP contribution >= 0.6 is 31.9 Å². The van der Waals surface area contributed by atoms with E-state index in [4.69, 9.17) is 0 Å². The zero-order valence-corrected chi connectivity index (χ0v) is 10.6. The van der Waals surface area contributed by atoms with Gasteiger partial charge in [0.15, 0.2) is 0 Å². The van der Waals surface area contributed by atoms with Crippen LogP contribution in [0.25, 0.3) is 0 Å². The zero-order valence-electron chi connectivity index (χ0n) is 7.47. The summed E-state index contributed by atoms with van der Waals surface area (Å²) in [5.74, 6) is 0.126. The van der Waals surface area contributed by atoms with Gasteiger partial charge < -0.3 is 0 Å². The average Bonchev–Trinajstić information content (AvgIpc) is 2.08. The number of hydrogen-bond donors (Lipinski definition) is 0. The molecule has 1 rings (SSSR count). The lowest BCUT2D eigenvalue weighted by Gasteiger charge is -2.10.